The topological polar surface area (TPSA) is 78.9 Å². The number of ether oxygens (including phenoxy) is 1. The molecule has 5 rings (SSSR count). The van der Waals surface area contributed by atoms with Crippen LogP contribution in [0.3, 0.4) is 0 Å². The summed E-state index contributed by atoms with van der Waals surface area (Å²) in [5.74, 6) is -0.620. The Bertz CT molecular complexity index is 773. The highest BCUT2D eigenvalue weighted by atomic mass is 16.6. The predicted octanol–water partition coefficient (Wildman–Crippen LogP) is 6.28. The van der Waals surface area contributed by atoms with E-state index in [-0.39, 0.29) is 12.6 Å². The van der Waals surface area contributed by atoms with Gasteiger partial charge in [-0.2, -0.15) is 0 Å². The van der Waals surface area contributed by atoms with Gasteiger partial charge < -0.3 is 15.2 Å². The third kappa shape index (κ3) is 7.45. The summed E-state index contributed by atoms with van der Waals surface area (Å²) >= 11 is 0. The third-order valence-corrected chi connectivity index (χ3v) is 8.47. The molecule has 0 spiro atoms. The minimum atomic E-state index is -0.925. The number of amides is 1. The van der Waals surface area contributed by atoms with Gasteiger partial charge in [-0.05, 0) is 56.4 Å². The molecule has 6 heteroatoms. The molecule has 3 aliphatic carbocycles. The fraction of sp³-hybridized carbons (Fsp3) is 0.724. The summed E-state index contributed by atoms with van der Waals surface area (Å²) in [6.45, 7) is 0.180. The molecular formula is C29H44N2O4. The van der Waals surface area contributed by atoms with Gasteiger partial charge in [0.1, 0.15) is 12.6 Å². The van der Waals surface area contributed by atoms with Gasteiger partial charge in [0, 0.05) is 18.1 Å². The van der Waals surface area contributed by atoms with E-state index in [9.17, 15) is 14.7 Å². The van der Waals surface area contributed by atoms with Crippen LogP contribution in [-0.4, -0.2) is 46.2 Å². The van der Waals surface area contributed by atoms with Crippen LogP contribution in [0.25, 0.3) is 0 Å². The smallest absolute Gasteiger partial charge is 0.411 e. The van der Waals surface area contributed by atoms with E-state index in [4.69, 9.17) is 4.74 Å². The maximum absolute atomic E-state index is 12.4. The average Bonchev–Trinajstić information content (AvgIpc) is 3.30. The predicted molar refractivity (Wildman–Crippen MR) is 137 cm³/mol. The fourth-order valence-electron chi connectivity index (χ4n) is 6.61. The van der Waals surface area contributed by atoms with Crippen molar-refractivity contribution in [3.8, 4) is 0 Å². The van der Waals surface area contributed by atoms with Crippen LogP contribution in [0.1, 0.15) is 102 Å². The first-order valence-electron chi connectivity index (χ1n) is 14.1. The van der Waals surface area contributed by atoms with Crippen LogP contribution in [0.5, 0.6) is 0 Å². The van der Waals surface area contributed by atoms with Gasteiger partial charge in [-0.1, -0.05) is 81.7 Å². The Hall–Kier alpha value is -2.08. The van der Waals surface area contributed by atoms with E-state index in [2.05, 4.69) is 5.32 Å². The lowest BCUT2D eigenvalue weighted by Gasteiger charge is -2.32. The fourth-order valence-corrected chi connectivity index (χ4v) is 6.61. The maximum Gasteiger partial charge on any atom is 0.411 e. The zero-order chi connectivity index (χ0) is 24.5. The Morgan fingerprint density at radius 1 is 0.829 bits per heavy atom. The van der Waals surface area contributed by atoms with Crippen LogP contribution in [0.2, 0.25) is 0 Å². The highest BCUT2D eigenvalue weighted by molar-refractivity contribution is 5.81. The number of hydrogen-bond acceptors (Lipinski definition) is 4. The number of likely N-dealkylation sites (tertiary alicyclic amines) is 1. The first-order valence-corrected chi connectivity index (χ1v) is 14.1. The minimum absolute atomic E-state index is 0.0260. The molecule has 1 aliphatic heterocycles. The number of carboxylic acids is 1. The van der Waals surface area contributed by atoms with Gasteiger partial charge in [-0.3, -0.25) is 4.90 Å². The van der Waals surface area contributed by atoms with Crippen molar-refractivity contribution in [3.63, 3.8) is 0 Å². The number of fused-ring (bicyclic) bond motifs is 1. The van der Waals surface area contributed by atoms with Crippen molar-refractivity contribution in [2.75, 3.05) is 0 Å². The average molecular weight is 485 g/mol. The SMILES string of the molecule is C1CCC(NC2CCCCC2)CC1.O=C(O)[C@@H]1CC2CCCCC2N1C(=O)OCc1ccccc1. The second kappa shape index (κ2) is 13.3. The lowest BCUT2D eigenvalue weighted by atomic mass is 9.85. The number of carbonyl (C=O) groups excluding carboxylic acids is 1. The summed E-state index contributed by atoms with van der Waals surface area (Å²) in [5.41, 5.74) is 0.905. The summed E-state index contributed by atoms with van der Waals surface area (Å²) in [5, 5.41) is 13.3. The van der Waals surface area contributed by atoms with Crippen LogP contribution in [0, 0.1) is 5.92 Å². The molecule has 1 aromatic rings. The number of rotatable bonds is 5. The molecule has 0 bridgehead atoms. The summed E-state index contributed by atoms with van der Waals surface area (Å²) in [7, 11) is 0. The first-order chi connectivity index (χ1) is 17.1. The van der Waals surface area contributed by atoms with E-state index in [1.54, 1.807) is 0 Å². The van der Waals surface area contributed by atoms with E-state index in [1.165, 1.54) is 69.1 Å². The van der Waals surface area contributed by atoms with Crippen LogP contribution in [0.4, 0.5) is 4.79 Å². The molecule has 0 aromatic heterocycles. The molecule has 1 saturated heterocycles. The molecule has 6 nitrogen and oxygen atoms in total. The molecule has 4 aliphatic rings. The van der Waals surface area contributed by atoms with Crippen molar-refractivity contribution in [1.82, 2.24) is 10.2 Å². The maximum atomic E-state index is 12.4. The molecule has 1 amide bonds. The van der Waals surface area contributed by atoms with E-state index >= 15 is 0 Å². The Morgan fingerprint density at radius 2 is 1.40 bits per heavy atom. The number of hydrogen-bond donors (Lipinski definition) is 2. The summed E-state index contributed by atoms with van der Waals surface area (Å²) in [6, 6.07) is 10.5. The van der Waals surface area contributed by atoms with Crippen molar-refractivity contribution in [1.29, 1.82) is 0 Å². The second-order valence-electron chi connectivity index (χ2n) is 11.0. The summed E-state index contributed by atoms with van der Waals surface area (Å²) in [4.78, 5) is 25.4. The number of nitrogens with one attached hydrogen (secondary N) is 1. The molecule has 3 saturated carbocycles. The Kier molecular flexibility index (Phi) is 9.87. The Labute approximate surface area is 210 Å². The lowest BCUT2D eigenvalue weighted by Crippen LogP contribution is -2.46. The van der Waals surface area contributed by atoms with Gasteiger partial charge in [0.2, 0.25) is 0 Å². The molecule has 2 N–H and O–H groups in total. The number of nitrogens with zero attached hydrogens (tertiary/aromatic N) is 1. The monoisotopic (exact) mass is 484 g/mol. The molecular weight excluding hydrogens is 440 g/mol. The third-order valence-electron chi connectivity index (χ3n) is 8.47. The van der Waals surface area contributed by atoms with Gasteiger partial charge in [0.15, 0.2) is 0 Å². The standard InChI is InChI=1S/C17H21NO4.C12H23N/c19-16(20)15-10-13-8-4-5-9-14(13)18(15)17(21)22-11-12-6-2-1-3-7-12;1-3-7-11(8-4-1)13-12-9-5-2-6-10-12/h1-3,6-7,13-15H,4-5,8-11H2,(H,19,20);11-13H,1-10H2/t13?,14?,15-;/m0./s1. The van der Waals surface area contributed by atoms with E-state index < -0.39 is 18.1 Å². The summed E-state index contributed by atoms with van der Waals surface area (Å²) < 4.78 is 5.37. The second-order valence-corrected chi connectivity index (χ2v) is 11.0. The highest BCUT2D eigenvalue weighted by Crippen LogP contribution is 2.40. The largest absolute Gasteiger partial charge is 0.480 e. The molecule has 1 aromatic carbocycles. The highest BCUT2D eigenvalue weighted by Gasteiger charge is 2.48. The summed E-state index contributed by atoms with van der Waals surface area (Å²) in [6.07, 6.45) is 18.7. The van der Waals surface area contributed by atoms with Crippen LogP contribution in [0.15, 0.2) is 30.3 Å². The molecule has 194 valence electrons. The number of carbonyl (C=O) groups is 2. The molecule has 2 unspecified atom stereocenters. The zero-order valence-corrected chi connectivity index (χ0v) is 21.2. The van der Waals surface area contributed by atoms with Crippen LogP contribution < -0.4 is 5.32 Å². The van der Waals surface area contributed by atoms with Gasteiger partial charge >= 0.3 is 12.1 Å². The lowest BCUT2D eigenvalue weighted by molar-refractivity contribution is -0.142. The minimum Gasteiger partial charge on any atom is -0.480 e. The molecule has 4 fully saturated rings. The molecule has 1 heterocycles. The van der Waals surface area contributed by atoms with E-state index in [1.807, 2.05) is 30.3 Å². The van der Waals surface area contributed by atoms with E-state index in [0.717, 1.165) is 43.3 Å². The van der Waals surface area contributed by atoms with Crippen molar-refractivity contribution < 1.29 is 19.4 Å². The van der Waals surface area contributed by atoms with E-state index in [0.29, 0.717) is 12.3 Å². The molecule has 35 heavy (non-hydrogen) atoms. The van der Waals surface area contributed by atoms with Crippen LogP contribution in [-0.2, 0) is 16.1 Å². The Morgan fingerprint density at radius 3 is 2.00 bits per heavy atom. The number of aliphatic carboxylic acids is 1. The molecule has 3 atom stereocenters. The van der Waals surface area contributed by atoms with Gasteiger partial charge in [-0.25, -0.2) is 9.59 Å². The molecule has 0 radical (unpaired) electrons. The Balaban J connectivity index is 0.000000189. The normalized spacial score (nSPS) is 27.4. The van der Waals surface area contributed by atoms with Crippen molar-refractivity contribution >= 4 is 12.1 Å². The number of benzene rings is 1. The number of carboxylic acid groups (broad SMARTS) is 1. The van der Waals surface area contributed by atoms with Crippen LogP contribution >= 0.6 is 0 Å². The quantitative estimate of drug-likeness (QED) is 0.514. The van der Waals surface area contributed by atoms with Gasteiger partial charge in [0.05, 0.1) is 0 Å². The zero-order valence-electron chi connectivity index (χ0n) is 21.2. The van der Waals surface area contributed by atoms with Crippen molar-refractivity contribution in [2.24, 2.45) is 5.92 Å². The van der Waals surface area contributed by atoms with Crippen molar-refractivity contribution in [2.45, 2.75) is 127 Å². The van der Waals surface area contributed by atoms with Gasteiger partial charge in [-0.15, -0.1) is 0 Å². The van der Waals surface area contributed by atoms with Crippen molar-refractivity contribution in [3.05, 3.63) is 35.9 Å². The van der Waals surface area contributed by atoms with Gasteiger partial charge in [0.25, 0.3) is 0 Å². The first kappa shape index (κ1) is 26.0.